The molecule has 11 heteroatoms. The molecule has 3 saturated carbocycles. The van der Waals surface area contributed by atoms with Crippen LogP contribution in [0, 0.1) is 5.82 Å². The summed E-state index contributed by atoms with van der Waals surface area (Å²) in [5, 5.41) is 5.99. The van der Waals surface area contributed by atoms with Gasteiger partial charge in [0, 0.05) is 17.1 Å². The Hall–Kier alpha value is -2.62. The van der Waals surface area contributed by atoms with Crippen LogP contribution in [0.4, 0.5) is 23.2 Å². The number of ether oxygens (including phenoxy) is 1. The number of alkyl halides is 3. The van der Waals surface area contributed by atoms with Crippen molar-refractivity contribution < 1.29 is 27.1 Å². The van der Waals surface area contributed by atoms with Gasteiger partial charge in [-0.3, -0.25) is 4.79 Å². The van der Waals surface area contributed by atoms with Crippen molar-refractivity contribution in [3.05, 3.63) is 47.3 Å². The molecule has 0 atom stereocenters. The Morgan fingerprint density at radius 2 is 1.83 bits per heavy atom. The molecule has 0 saturated heterocycles. The minimum absolute atomic E-state index is 0.0353. The van der Waals surface area contributed by atoms with Gasteiger partial charge in [-0.25, -0.2) is 14.4 Å². The highest BCUT2D eigenvalue weighted by Crippen LogP contribution is 2.61. The number of rotatable bonds is 6. The van der Waals surface area contributed by atoms with Crippen molar-refractivity contribution in [1.29, 1.82) is 0 Å². The van der Waals surface area contributed by atoms with Gasteiger partial charge in [0.2, 0.25) is 5.82 Å². The molecule has 2 bridgehead atoms. The molecule has 0 unspecified atom stereocenters. The number of anilines is 1. The van der Waals surface area contributed by atoms with Gasteiger partial charge in [0.25, 0.3) is 5.91 Å². The van der Waals surface area contributed by atoms with Gasteiger partial charge in [0.15, 0.2) is 6.61 Å². The number of nitrogens with one attached hydrogen (secondary N) is 2. The normalized spacial score (nSPS) is 24.9. The fourth-order valence-electron chi connectivity index (χ4n) is 3.95. The van der Waals surface area contributed by atoms with Crippen molar-refractivity contribution in [3.8, 4) is 5.75 Å². The summed E-state index contributed by atoms with van der Waals surface area (Å²) in [5.41, 5.74) is -0.243. The molecule has 3 aliphatic carbocycles. The average molecular weight is 431 g/mol. The molecule has 1 amide bonds. The summed E-state index contributed by atoms with van der Waals surface area (Å²) < 4.78 is 56.1. The molecule has 154 valence electrons. The maximum atomic E-state index is 13.4. The highest BCUT2D eigenvalue weighted by Gasteiger charge is 2.68. The zero-order valence-electron chi connectivity index (χ0n) is 14.8. The highest BCUT2D eigenvalue weighted by molar-refractivity contribution is 6.30. The topological polar surface area (TPSA) is 76.1 Å². The van der Waals surface area contributed by atoms with Crippen LogP contribution in [0.25, 0.3) is 0 Å². The molecule has 5 rings (SSSR count). The molecule has 1 aromatic carbocycles. The quantitative estimate of drug-likeness (QED) is 0.685. The Bertz CT molecular complexity index is 932. The predicted molar refractivity (Wildman–Crippen MR) is 95.0 cm³/mol. The Morgan fingerprint density at radius 1 is 1.17 bits per heavy atom. The fraction of sp³-hybridized carbons (Fsp3) is 0.389. The summed E-state index contributed by atoms with van der Waals surface area (Å²) in [6.45, 7) is -0.268. The number of hydrogen-bond acceptors (Lipinski definition) is 5. The molecule has 6 nitrogen and oxygen atoms in total. The molecule has 0 aliphatic heterocycles. The molecule has 3 fully saturated rings. The minimum Gasteiger partial charge on any atom is -0.484 e. The summed E-state index contributed by atoms with van der Waals surface area (Å²) in [5.74, 6) is -1.97. The maximum Gasteiger partial charge on any atom is 0.451 e. The van der Waals surface area contributed by atoms with Crippen molar-refractivity contribution in [2.75, 3.05) is 11.9 Å². The van der Waals surface area contributed by atoms with Crippen LogP contribution in [0.2, 0.25) is 5.02 Å². The standard InChI is InChI=1S/C18H15ClF4N4O2/c19-12-2-1-11(3-13(12)20)29-6-14(28)27-17-7-16(8-17,9-17)26-10-4-24-15(25-5-10)18(21,22)23/h1-5,26H,6-9H2,(H,27,28). The van der Waals surface area contributed by atoms with Gasteiger partial charge >= 0.3 is 6.18 Å². The first-order valence-electron chi connectivity index (χ1n) is 8.65. The van der Waals surface area contributed by atoms with Gasteiger partial charge in [0.05, 0.1) is 23.1 Å². The van der Waals surface area contributed by atoms with Crippen LogP contribution in [0.15, 0.2) is 30.6 Å². The van der Waals surface area contributed by atoms with Gasteiger partial charge in [-0.1, -0.05) is 11.6 Å². The van der Waals surface area contributed by atoms with Crippen LogP contribution >= 0.6 is 11.6 Å². The van der Waals surface area contributed by atoms with Gasteiger partial charge in [-0.2, -0.15) is 13.2 Å². The lowest BCUT2D eigenvalue weighted by atomic mass is 9.44. The summed E-state index contributed by atoms with van der Waals surface area (Å²) in [6.07, 6.45) is -0.503. The molecule has 2 N–H and O–H groups in total. The molecule has 0 radical (unpaired) electrons. The van der Waals surface area contributed by atoms with Gasteiger partial charge < -0.3 is 15.4 Å². The smallest absolute Gasteiger partial charge is 0.451 e. The van der Waals surface area contributed by atoms with E-state index in [4.69, 9.17) is 16.3 Å². The maximum absolute atomic E-state index is 13.4. The monoisotopic (exact) mass is 430 g/mol. The van der Waals surface area contributed by atoms with E-state index in [1.807, 2.05) is 0 Å². The Balaban J connectivity index is 1.24. The summed E-state index contributed by atoms with van der Waals surface area (Å²) in [7, 11) is 0. The summed E-state index contributed by atoms with van der Waals surface area (Å²) >= 11 is 5.59. The number of halogens is 5. The molecule has 29 heavy (non-hydrogen) atoms. The van der Waals surface area contributed by atoms with E-state index in [-0.39, 0.29) is 34.4 Å². The van der Waals surface area contributed by atoms with Crippen molar-refractivity contribution in [1.82, 2.24) is 15.3 Å². The summed E-state index contributed by atoms with van der Waals surface area (Å²) in [4.78, 5) is 18.7. The molecule has 1 aromatic heterocycles. The first kappa shape index (κ1) is 19.7. The van der Waals surface area contributed by atoms with Gasteiger partial charge in [-0.15, -0.1) is 0 Å². The fourth-order valence-corrected chi connectivity index (χ4v) is 4.06. The third kappa shape index (κ3) is 3.93. The van der Waals surface area contributed by atoms with E-state index in [0.717, 1.165) is 18.5 Å². The first-order chi connectivity index (χ1) is 13.6. The average Bonchev–Trinajstić information content (AvgIpc) is 2.59. The Morgan fingerprint density at radius 3 is 2.41 bits per heavy atom. The van der Waals surface area contributed by atoms with Crippen LogP contribution in [0.5, 0.6) is 5.75 Å². The van der Waals surface area contributed by atoms with Crippen LogP contribution in [-0.4, -0.2) is 33.6 Å². The number of benzene rings is 1. The van der Waals surface area contributed by atoms with E-state index in [2.05, 4.69) is 20.6 Å². The molecule has 0 spiro atoms. The third-order valence-corrected chi connectivity index (χ3v) is 5.32. The Kier molecular flexibility index (Phi) is 4.56. The number of hydrogen-bond donors (Lipinski definition) is 2. The van der Waals surface area contributed by atoms with Crippen LogP contribution in [0.3, 0.4) is 0 Å². The van der Waals surface area contributed by atoms with Crippen molar-refractivity contribution in [3.63, 3.8) is 0 Å². The zero-order chi connectivity index (χ0) is 20.9. The van der Waals surface area contributed by atoms with Crippen LogP contribution in [0.1, 0.15) is 25.1 Å². The second kappa shape index (κ2) is 6.72. The second-order valence-electron chi connectivity index (χ2n) is 7.42. The van der Waals surface area contributed by atoms with Crippen molar-refractivity contribution in [2.24, 2.45) is 0 Å². The lowest BCUT2D eigenvalue weighted by molar-refractivity contribution is -0.145. The highest BCUT2D eigenvalue weighted by atomic mass is 35.5. The van der Waals surface area contributed by atoms with E-state index < -0.39 is 17.8 Å². The van der Waals surface area contributed by atoms with Crippen molar-refractivity contribution in [2.45, 2.75) is 36.5 Å². The second-order valence-corrected chi connectivity index (χ2v) is 7.83. The lowest BCUT2D eigenvalue weighted by Crippen LogP contribution is -2.81. The molecule has 2 aromatic rings. The van der Waals surface area contributed by atoms with Gasteiger partial charge in [0.1, 0.15) is 11.6 Å². The van der Waals surface area contributed by atoms with E-state index in [1.54, 1.807) is 0 Å². The molecular weight excluding hydrogens is 416 g/mol. The first-order valence-corrected chi connectivity index (χ1v) is 9.02. The number of aromatic nitrogens is 2. The van der Waals surface area contributed by atoms with Crippen LogP contribution < -0.4 is 15.4 Å². The molecule has 3 aliphatic rings. The minimum atomic E-state index is -4.58. The lowest BCUT2D eigenvalue weighted by Gasteiger charge is -2.70. The van der Waals surface area contributed by atoms with Crippen LogP contribution in [-0.2, 0) is 11.0 Å². The SMILES string of the molecule is O=C(COc1ccc(Cl)c(F)c1)NC12CC(Nc3cnc(C(F)(F)F)nc3)(C1)C2. The van der Waals surface area contributed by atoms with E-state index in [0.29, 0.717) is 24.9 Å². The van der Waals surface area contributed by atoms with E-state index in [9.17, 15) is 22.4 Å². The zero-order valence-corrected chi connectivity index (χ0v) is 15.6. The van der Waals surface area contributed by atoms with Gasteiger partial charge in [-0.05, 0) is 31.4 Å². The largest absolute Gasteiger partial charge is 0.484 e. The predicted octanol–water partition coefficient (Wildman–Crippen LogP) is 3.57. The number of nitrogens with zero attached hydrogens (tertiary/aromatic N) is 2. The Labute approximate surface area is 167 Å². The number of amides is 1. The molecule has 1 heterocycles. The molecular formula is C18H15ClF4N4O2. The van der Waals surface area contributed by atoms with E-state index in [1.165, 1.54) is 12.1 Å². The summed E-state index contributed by atoms with van der Waals surface area (Å²) in [6, 6.07) is 3.90. The number of carbonyl (C=O) groups excluding carboxylic acids is 1. The van der Waals surface area contributed by atoms with E-state index >= 15 is 0 Å². The van der Waals surface area contributed by atoms with Crippen molar-refractivity contribution >= 4 is 23.2 Å². The third-order valence-electron chi connectivity index (χ3n) is 5.01. The number of carbonyl (C=O) groups is 1.